The van der Waals surface area contributed by atoms with E-state index in [1.807, 2.05) is 25.1 Å². The van der Waals surface area contributed by atoms with Crippen molar-refractivity contribution < 1.29 is 23.5 Å². The molecule has 4 amide bonds. The quantitative estimate of drug-likeness (QED) is 0.605. The average molecular weight is 442 g/mol. The minimum absolute atomic E-state index is 0.121. The highest BCUT2D eigenvalue weighted by Crippen LogP contribution is 2.33. The number of urea groups is 1. The van der Waals surface area contributed by atoms with Gasteiger partial charge in [0.05, 0.1) is 7.11 Å². The van der Waals surface area contributed by atoms with Gasteiger partial charge in [-0.15, -0.1) is 0 Å². The van der Waals surface area contributed by atoms with Crippen molar-refractivity contribution in [2.75, 3.05) is 20.2 Å². The number of hydrogen-bond donors (Lipinski definition) is 1. The lowest BCUT2D eigenvalue weighted by atomic mass is 9.85. The Morgan fingerprint density at radius 1 is 1.16 bits per heavy atom. The molecule has 1 N–H and O–H groups in total. The van der Waals surface area contributed by atoms with Crippen LogP contribution in [0.15, 0.2) is 48.5 Å². The summed E-state index contributed by atoms with van der Waals surface area (Å²) in [5.41, 5.74) is 0.0975. The van der Waals surface area contributed by atoms with Gasteiger partial charge in [0.2, 0.25) is 5.91 Å². The summed E-state index contributed by atoms with van der Waals surface area (Å²) in [5.74, 6) is -1.23. The second kappa shape index (κ2) is 9.80. The van der Waals surface area contributed by atoms with Crippen LogP contribution in [0.3, 0.4) is 0 Å². The number of halogens is 1. The van der Waals surface area contributed by atoms with Crippen molar-refractivity contribution in [3.8, 4) is 5.75 Å². The molecule has 3 rings (SSSR count). The summed E-state index contributed by atoms with van der Waals surface area (Å²) < 4.78 is 18.9. The lowest BCUT2D eigenvalue weighted by Crippen LogP contribution is -2.45. The first-order valence-electron chi connectivity index (χ1n) is 10.7. The number of benzene rings is 2. The number of methoxy groups -OCH3 is 1. The number of carbonyl (C=O) groups excluding carboxylic acids is 3. The van der Waals surface area contributed by atoms with Gasteiger partial charge in [-0.25, -0.2) is 9.18 Å². The van der Waals surface area contributed by atoms with Gasteiger partial charge >= 0.3 is 6.03 Å². The van der Waals surface area contributed by atoms with E-state index in [1.165, 1.54) is 24.1 Å². The van der Waals surface area contributed by atoms with Crippen molar-refractivity contribution >= 4 is 17.8 Å². The number of carbonyl (C=O) groups is 3. The van der Waals surface area contributed by atoms with Gasteiger partial charge in [0.1, 0.15) is 12.1 Å². The van der Waals surface area contributed by atoms with Crippen molar-refractivity contribution in [1.29, 1.82) is 0 Å². The number of nitrogens with one attached hydrogen (secondary N) is 1. The van der Waals surface area contributed by atoms with E-state index in [2.05, 4.69) is 5.32 Å². The van der Waals surface area contributed by atoms with E-state index < -0.39 is 29.2 Å². The maximum absolute atomic E-state index is 14.0. The summed E-state index contributed by atoms with van der Waals surface area (Å²) in [6.45, 7) is 3.84. The first-order chi connectivity index (χ1) is 15.4. The summed E-state index contributed by atoms with van der Waals surface area (Å²) in [7, 11) is 1.38. The Morgan fingerprint density at radius 3 is 2.47 bits per heavy atom. The molecule has 7 nitrogen and oxygen atoms in total. The molecule has 170 valence electrons. The van der Waals surface area contributed by atoms with Crippen LogP contribution in [0, 0.1) is 5.82 Å². The number of ether oxygens (including phenoxy) is 1. The summed E-state index contributed by atoms with van der Waals surface area (Å²) in [5, 5.41) is 2.82. The molecule has 1 aliphatic heterocycles. The average Bonchev–Trinajstić information content (AvgIpc) is 3.03. The highest BCUT2D eigenvalue weighted by atomic mass is 19.1. The van der Waals surface area contributed by atoms with Gasteiger partial charge in [-0.2, -0.15) is 0 Å². The van der Waals surface area contributed by atoms with Crippen molar-refractivity contribution in [2.24, 2.45) is 0 Å². The van der Waals surface area contributed by atoms with Crippen LogP contribution in [-0.4, -0.2) is 47.8 Å². The third-order valence-electron chi connectivity index (χ3n) is 5.68. The van der Waals surface area contributed by atoms with Crippen molar-refractivity contribution in [2.45, 2.75) is 38.8 Å². The van der Waals surface area contributed by atoms with E-state index >= 15 is 0 Å². The zero-order valence-corrected chi connectivity index (χ0v) is 18.6. The molecule has 1 atom stereocenters. The molecule has 8 heteroatoms. The van der Waals surface area contributed by atoms with Crippen LogP contribution >= 0.6 is 0 Å². The van der Waals surface area contributed by atoms with Crippen LogP contribution in [0.5, 0.6) is 5.75 Å². The SMILES string of the molecule is CCC[C@]1(c2ccccc2)NC(=O)N(CC(=O)N(CC)Cc2ccc(OC)c(F)c2)C1=O. The molecule has 1 fully saturated rings. The second-order valence-electron chi connectivity index (χ2n) is 7.72. The van der Waals surface area contributed by atoms with Gasteiger partial charge in [0.15, 0.2) is 11.6 Å². The topological polar surface area (TPSA) is 79.0 Å². The molecule has 0 saturated carbocycles. The third-order valence-corrected chi connectivity index (χ3v) is 5.68. The first kappa shape index (κ1) is 23.2. The Kier molecular flexibility index (Phi) is 7.12. The molecule has 1 aliphatic rings. The molecule has 0 unspecified atom stereocenters. The molecule has 2 aromatic rings. The zero-order valence-electron chi connectivity index (χ0n) is 18.6. The van der Waals surface area contributed by atoms with Crippen molar-refractivity contribution in [1.82, 2.24) is 15.1 Å². The van der Waals surface area contributed by atoms with E-state index in [4.69, 9.17) is 4.74 Å². The summed E-state index contributed by atoms with van der Waals surface area (Å²) in [6, 6.07) is 13.0. The predicted octanol–water partition coefficient (Wildman–Crippen LogP) is 3.43. The lowest BCUT2D eigenvalue weighted by molar-refractivity contribution is -0.139. The minimum atomic E-state index is -1.18. The predicted molar refractivity (Wildman–Crippen MR) is 117 cm³/mol. The Labute approximate surface area is 187 Å². The molecule has 0 radical (unpaired) electrons. The molecule has 0 bridgehead atoms. The number of hydrogen-bond acceptors (Lipinski definition) is 4. The van der Waals surface area contributed by atoms with Gasteiger partial charge in [-0.05, 0) is 36.6 Å². The van der Waals surface area contributed by atoms with E-state index in [0.717, 1.165) is 4.90 Å². The molecule has 1 heterocycles. The number of likely N-dealkylation sites (N-methyl/N-ethyl adjacent to an activating group) is 1. The van der Waals surface area contributed by atoms with Gasteiger partial charge in [0.25, 0.3) is 5.91 Å². The highest BCUT2D eigenvalue weighted by Gasteiger charge is 2.52. The van der Waals surface area contributed by atoms with Crippen LogP contribution in [0.2, 0.25) is 0 Å². The van der Waals surface area contributed by atoms with Crippen LogP contribution in [0.1, 0.15) is 37.8 Å². The monoisotopic (exact) mass is 441 g/mol. The Hall–Kier alpha value is -3.42. The number of nitrogens with zero attached hydrogens (tertiary/aromatic N) is 2. The molecule has 2 aromatic carbocycles. The summed E-state index contributed by atoms with van der Waals surface area (Å²) in [4.78, 5) is 41.5. The Balaban J connectivity index is 1.77. The van der Waals surface area contributed by atoms with E-state index in [9.17, 15) is 18.8 Å². The van der Waals surface area contributed by atoms with E-state index in [0.29, 0.717) is 30.5 Å². The van der Waals surface area contributed by atoms with Crippen LogP contribution in [0.4, 0.5) is 9.18 Å². The molecular formula is C24H28FN3O4. The van der Waals surface area contributed by atoms with Gasteiger partial charge in [-0.1, -0.05) is 49.7 Å². The van der Waals surface area contributed by atoms with Crippen molar-refractivity contribution in [3.05, 3.63) is 65.5 Å². The standard InChI is InChI=1S/C24H28FN3O4/c1-4-13-24(18-9-7-6-8-10-18)22(30)28(23(31)26-24)16-21(29)27(5-2)15-17-11-12-20(32-3)19(25)14-17/h6-12,14H,4-5,13,15-16H2,1-3H3,(H,26,31)/t24-/m1/s1. The zero-order chi connectivity index (χ0) is 23.3. The molecule has 0 spiro atoms. The maximum Gasteiger partial charge on any atom is 0.325 e. The number of rotatable bonds is 9. The molecule has 0 aliphatic carbocycles. The van der Waals surface area contributed by atoms with Crippen LogP contribution < -0.4 is 10.1 Å². The molecule has 0 aromatic heterocycles. The Bertz CT molecular complexity index is 998. The Morgan fingerprint density at radius 2 is 1.88 bits per heavy atom. The number of imide groups is 1. The normalized spacial score (nSPS) is 17.9. The first-order valence-corrected chi connectivity index (χ1v) is 10.7. The van der Waals surface area contributed by atoms with Gasteiger partial charge in [0, 0.05) is 13.1 Å². The highest BCUT2D eigenvalue weighted by molar-refractivity contribution is 6.09. The molecule has 1 saturated heterocycles. The fourth-order valence-corrected chi connectivity index (χ4v) is 4.02. The maximum atomic E-state index is 14.0. The van der Waals surface area contributed by atoms with Crippen LogP contribution in [0.25, 0.3) is 0 Å². The second-order valence-corrected chi connectivity index (χ2v) is 7.72. The summed E-state index contributed by atoms with van der Waals surface area (Å²) in [6.07, 6.45) is 1.10. The lowest BCUT2D eigenvalue weighted by Gasteiger charge is -2.27. The van der Waals surface area contributed by atoms with E-state index in [-0.39, 0.29) is 18.8 Å². The smallest absolute Gasteiger partial charge is 0.325 e. The van der Waals surface area contributed by atoms with Gasteiger partial charge in [-0.3, -0.25) is 14.5 Å². The summed E-state index contributed by atoms with van der Waals surface area (Å²) >= 11 is 0. The van der Waals surface area contributed by atoms with Gasteiger partial charge < -0.3 is 15.0 Å². The largest absolute Gasteiger partial charge is 0.494 e. The van der Waals surface area contributed by atoms with Crippen LogP contribution in [-0.2, 0) is 21.7 Å². The third kappa shape index (κ3) is 4.44. The van der Waals surface area contributed by atoms with E-state index in [1.54, 1.807) is 25.1 Å². The van der Waals surface area contributed by atoms with Crippen molar-refractivity contribution in [3.63, 3.8) is 0 Å². The molecule has 32 heavy (non-hydrogen) atoms. The number of amides is 4. The fourth-order valence-electron chi connectivity index (χ4n) is 4.02. The fraction of sp³-hybridized carbons (Fsp3) is 0.375. The minimum Gasteiger partial charge on any atom is -0.494 e. The molecular weight excluding hydrogens is 413 g/mol.